The molecule has 0 aliphatic carbocycles. The zero-order chi connectivity index (χ0) is 56.1. The van der Waals surface area contributed by atoms with Crippen LogP contribution in [-0.4, -0.2) is 53.4 Å². The summed E-state index contributed by atoms with van der Waals surface area (Å²) in [7, 11) is 0. The molecule has 3 aromatic carbocycles. The maximum atomic E-state index is 14.0. The molecule has 0 saturated heterocycles. The lowest BCUT2D eigenvalue weighted by molar-refractivity contribution is 0.0715. The highest BCUT2D eigenvalue weighted by molar-refractivity contribution is 5.93. The molecular weight excluding hydrogens is 987 g/mol. The van der Waals surface area contributed by atoms with Gasteiger partial charge >= 0.3 is 11.9 Å². The molecule has 4 rings (SSSR count). The molecule has 0 spiro atoms. The Bertz CT molecular complexity index is 2070. The first-order valence-corrected chi connectivity index (χ1v) is 32.2. The van der Waals surface area contributed by atoms with E-state index in [1.807, 2.05) is 24.3 Å². The van der Waals surface area contributed by atoms with E-state index in [1.165, 1.54) is 210 Å². The number of carbonyl (C=O) groups is 2. The van der Waals surface area contributed by atoms with Crippen LogP contribution in [0.2, 0.25) is 0 Å². The highest BCUT2D eigenvalue weighted by atomic mass is 16.6. The molecule has 0 aliphatic heterocycles. The molecule has 0 bridgehead atoms. The molecule has 442 valence electrons. The molecule has 0 N–H and O–H groups in total. The van der Waals surface area contributed by atoms with Crippen molar-refractivity contribution in [2.24, 2.45) is 0 Å². The summed E-state index contributed by atoms with van der Waals surface area (Å²) in [5.41, 5.74) is 1.10. The zero-order valence-electron chi connectivity index (χ0n) is 50.2. The van der Waals surface area contributed by atoms with Crippen LogP contribution >= 0.6 is 0 Å². The van der Waals surface area contributed by atoms with Gasteiger partial charge in [0, 0.05) is 0 Å². The number of carbonyl (C=O) groups excluding carboxylic acids is 2. The molecule has 0 amide bonds. The highest BCUT2D eigenvalue weighted by Crippen LogP contribution is 2.40. The average molecular weight is 1090 g/mol. The van der Waals surface area contributed by atoms with Crippen LogP contribution in [0.25, 0.3) is 5.69 Å². The van der Waals surface area contributed by atoms with Gasteiger partial charge in [-0.1, -0.05) is 251 Å². The zero-order valence-corrected chi connectivity index (χ0v) is 50.2. The summed E-state index contributed by atoms with van der Waals surface area (Å²) in [6, 6.07) is 17.4. The predicted octanol–water partition coefficient (Wildman–Crippen LogP) is 20.1. The number of ether oxygens (including phenoxy) is 6. The Kier molecular flexibility index (Phi) is 37.6. The van der Waals surface area contributed by atoms with Gasteiger partial charge in [0.15, 0.2) is 17.2 Å². The third kappa shape index (κ3) is 30.4. The van der Waals surface area contributed by atoms with Crippen molar-refractivity contribution in [3.05, 3.63) is 78.1 Å². The minimum absolute atomic E-state index is 0.0545. The Labute approximate surface area is 479 Å². The molecule has 0 atom stereocenters. The number of benzene rings is 3. The van der Waals surface area contributed by atoms with E-state index in [9.17, 15) is 9.59 Å². The Morgan fingerprint density at radius 1 is 0.367 bits per heavy atom. The van der Waals surface area contributed by atoms with Crippen molar-refractivity contribution in [1.82, 2.24) is 15.0 Å². The van der Waals surface area contributed by atoms with Gasteiger partial charge in [-0.25, -0.2) is 14.3 Å². The first-order chi connectivity index (χ1) is 38.9. The molecular formula is C68H107N3O8. The van der Waals surface area contributed by atoms with E-state index in [2.05, 4.69) is 38.0 Å². The Hall–Kier alpha value is -5.06. The van der Waals surface area contributed by atoms with Crippen molar-refractivity contribution in [2.45, 2.75) is 272 Å². The molecule has 11 heteroatoms. The van der Waals surface area contributed by atoms with Gasteiger partial charge in [0.05, 0.1) is 43.9 Å². The fraction of sp³-hybridized carbons (Fsp3) is 0.676. The van der Waals surface area contributed by atoms with Gasteiger partial charge in [0.2, 0.25) is 5.75 Å². The van der Waals surface area contributed by atoms with Crippen LogP contribution in [-0.2, 0) is 0 Å². The van der Waals surface area contributed by atoms with E-state index in [1.54, 1.807) is 36.4 Å². The van der Waals surface area contributed by atoms with Gasteiger partial charge < -0.3 is 28.4 Å². The first-order valence-electron chi connectivity index (χ1n) is 32.2. The number of nitrogens with zero attached hydrogens (tertiary/aromatic N) is 3. The standard InChI is InChI=1S/C68H107N3O8/c1-5-9-13-17-21-25-28-32-36-40-52-75-64-55-58(56-65(76-53-41-37-33-29-26-22-18-14-10-6-2)66(64)77-54-42-38-34-30-27-23-19-15-11-7-3)67(72)78-61-47-49-62(50-48-61)79-68(73)63-57-71(70-69-63)59-43-45-60(46-44-59)74-51-39-35-31-24-20-16-12-8-4/h43-50,55-57H,5-42,51-54H2,1-4H3. The lowest BCUT2D eigenvalue weighted by atomic mass is 10.1. The van der Waals surface area contributed by atoms with Gasteiger partial charge in [-0.3, -0.25) is 0 Å². The van der Waals surface area contributed by atoms with E-state index >= 15 is 0 Å². The number of rotatable bonds is 51. The Morgan fingerprint density at radius 2 is 0.684 bits per heavy atom. The van der Waals surface area contributed by atoms with E-state index in [0.717, 1.165) is 56.4 Å². The van der Waals surface area contributed by atoms with Crippen LogP contribution in [0, 0.1) is 0 Å². The van der Waals surface area contributed by atoms with Gasteiger partial charge in [0.25, 0.3) is 0 Å². The molecule has 79 heavy (non-hydrogen) atoms. The Morgan fingerprint density at radius 3 is 1.06 bits per heavy atom. The number of esters is 2. The second-order valence-corrected chi connectivity index (χ2v) is 22.0. The summed E-state index contributed by atoms with van der Waals surface area (Å²) in [5, 5.41) is 8.24. The van der Waals surface area contributed by atoms with Crippen LogP contribution < -0.4 is 28.4 Å². The van der Waals surface area contributed by atoms with Crippen LogP contribution in [0.4, 0.5) is 0 Å². The quantitative estimate of drug-likeness (QED) is 0.0240. The summed E-state index contributed by atoms with van der Waals surface area (Å²) >= 11 is 0. The van der Waals surface area contributed by atoms with Crippen molar-refractivity contribution < 1.29 is 38.0 Å². The van der Waals surface area contributed by atoms with E-state index < -0.39 is 11.9 Å². The highest BCUT2D eigenvalue weighted by Gasteiger charge is 2.21. The van der Waals surface area contributed by atoms with Gasteiger partial charge in [-0.2, -0.15) is 0 Å². The molecule has 0 saturated carbocycles. The second-order valence-electron chi connectivity index (χ2n) is 22.0. The Balaban J connectivity index is 1.37. The maximum absolute atomic E-state index is 14.0. The topological polar surface area (TPSA) is 120 Å². The largest absolute Gasteiger partial charge is 0.494 e. The normalized spacial score (nSPS) is 11.2. The van der Waals surface area contributed by atoms with Crippen molar-refractivity contribution in [3.8, 4) is 40.2 Å². The molecule has 1 aromatic heterocycles. The summed E-state index contributed by atoms with van der Waals surface area (Å²) < 4.78 is 38.7. The molecule has 4 aromatic rings. The molecule has 0 unspecified atom stereocenters. The molecule has 0 fully saturated rings. The molecule has 1 heterocycles. The third-order valence-corrected chi connectivity index (χ3v) is 14.8. The van der Waals surface area contributed by atoms with E-state index in [-0.39, 0.29) is 11.4 Å². The van der Waals surface area contributed by atoms with Crippen LogP contribution in [0.1, 0.15) is 293 Å². The fourth-order valence-electron chi connectivity index (χ4n) is 9.86. The lowest BCUT2D eigenvalue weighted by Gasteiger charge is -2.19. The predicted molar refractivity (Wildman–Crippen MR) is 324 cm³/mol. The smallest absolute Gasteiger partial charge is 0.365 e. The van der Waals surface area contributed by atoms with E-state index in [0.29, 0.717) is 55.0 Å². The van der Waals surface area contributed by atoms with Gasteiger partial charge in [0.1, 0.15) is 17.2 Å². The summed E-state index contributed by atoms with van der Waals surface area (Å²) in [6.45, 7) is 11.3. The minimum Gasteiger partial charge on any atom is -0.494 e. The maximum Gasteiger partial charge on any atom is 0.365 e. The minimum atomic E-state index is -0.660. The fourth-order valence-corrected chi connectivity index (χ4v) is 9.86. The second kappa shape index (κ2) is 44.7. The van der Waals surface area contributed by atoms with Crippen molar-refractivity contribution >= 4 is 11.9 Å². The van der Waals surface area contributed by atoms with Crippen molar-refractivity contribution in [2.75, 3.05) is 26.4 Å². The summed E-state index contributed by atoms with van der Waals surface area (Å²) in [6.07, 6.45) is 48.6. The number of hydrogen-bond acceptors (Lipinski definition) is 10. The van der Waals surface area contributed by atoms with Crippen LogP contribution in [0.5, 0.6) is 34.5 Å². The van der Waals surface area contributed by atoms with E-state index in [4.69, 9.17) is 28.4 Å². The number of hydrogen-bond donors (Lipinski definition) is 0. The first kappa shape index (κ1) is 66.5. The lowest BCUT2D eigenvalue weighted by Crippen LogP contribution is -2.12. The van der Waals surface area contributed by atoms with Gasteiger partial charge in [-0.15, -0.1) is 5.10 Å². The SMILES string of the molecule is CCCCCCCCCCCCOc1cc(C(=O)Oc2ccc(OC(=O)c3cn(-c4ccc(OCCCCCCCCCC)cc4)nn3)cc2)cc(OCCCCCCCCCCCC)c1OCCCCCCCCCCCC. The molecule has 0 radical (unpaired) electrons. The molecule has 0 aliphatic rings. The molecule has 11 nitrogen and oxygen atoms in total. The summed E-state index contributed by atoms with van der Waals surface area (Å²) in [4.78, 5) is 27.2. The number of unbranched alkanes of at least 4 members (excludes halogenated alkanes) is 34. The van der Waals surface area contributed by atoms with Crippen molar-refractivity contribution in [1.29, 1.82) is 0 Å². The third-order valence-electron chi connectivity index (χ3n) is 14.8. The van der Waals surface area contributed by atoms with Gasteiger partial charge in [-0.05, 0) is 86.3 Å². The summed E-state index contributed by atoms with van der Waals surface area (Å²) in [5.74, 6) is 1.71. The van der Waals surface area contributed by atoms with Crippen LogP contribution in [0.3, 0.4) is 0 Å². The monoisotopic (exact) mass is 1090 g/mol. The van der Waals surface area contributed by atoms with Crippen LogP contribution in [0.15, 0.2) is 66.9 Å². The average Bonchev–Trinajstić information content (AvgIpc) is 3.98. The number of aromatic nitrogens is 3. The van der Waals surface area contributed by atoms with Crippen molar-refractivity contribution in [3.63, 3.8) is 0 Å².